The second kappa shape index (κ2) is 11.9. The molecule has 0 aliphatic carbocycles. The molecular formula is C26H35FN2O5. The van der Waals surface area contributed by atoms with Crippen LogP contribution < -0.4 is 10.9 Å². The van der Waals surface area contributed by atoms with Crippen LogP contribution in [0.1, 0.15) is 63.1 Å². The van der Waals surface area contributed by atoms with Gasteiger partial charge in [0.05, 0.1) is 24.9 Å². The fourth-order valence-corrected chi connectivity index (χ4v) is 3.77. The molecule has 34 heavy (non-hydrogen) atoms. The van der Waals surface area contributed by atoms with Gasteiger partial charge in [0.1, 0.15) is 18.4 Å². The van der Waals surface area contributed by atoms with E-state index in [0.717, 1.165) is 5.56 Å². The Morgan fingerprint density at radius 2 is 1.82 bits per heavy atom. The third kappa shape index (κ3) is 7.52. The normalized spacial score (nSPS) is 14.2. The largest absolute Gasteiger partial charge is 0.460 e. The number of hydrogen-bond donors (Lipinski definition) is 2. The van der Waals surface area contributed by atoms with Crippen molar-refractivity contribution in [2.75, 3.05) is 6.67 Å². The number of halogens is 1. The molecule has 0 aliphatic rings. The first-order valence-corrected chi connectivity index (χ1v) is 11.5. The minimum absolute atomic E-state index is 0.291. The fraction of sp³-hybridized carbons (Fsp3) is 0.500. The summed E-state index contributed by atoms with van der Waals surface area (Å²) in [5.74, 6) is -2.05. The zero-order chi connectivity index (χ0) is 25.5. The molecule has 186 valence electrons. The number of alkyl halides is 1. The van der Waals surface area contributed by atoms with E-state index in [1.54, 1.807) is 51.4 Å². The molecule has 2 N–H and O–H groups in total. The van der Waals surface area contributed by atoms with Crippen LogP contribution in [0.4, 0.5) is 4.39 Å². The van der Waals surface area contributed by atoms with Crippen LogP contribution >= 0.6 is 0 Å². The number of carbonyl (C=O) groups is 2. The van der Waals surface area contributed by atoms with Crippen molar-refractivity contribution in [3.63, 3.8) is 0 Å². The molecule has 3 atom stereocenters. The number of rotatable bonds is 10. The third-order valence-corrected chi connectivity index (χ3v) is 5.45. The van der Waals surface area contributed by atoms with Crippen LogP contribution in [-0.4, -0.2) is 46.0 Å². The highest BCUT2D eigenvalue weighted by Gasteiger charge is 2.31. The maximum Gasteiger partial charge on any atom is 0.308 e. The van der Waals surface area contributed by atoms with Crippen molar-refractivity contribution < 1.29 is 23.8 Å². The van der Waals surface area contributed by atoms with E-state index < -0.39 is 48.6 Å². The molecule has 1 aromatic carbocycles. The quantitative estimate of drug-likeness (QED) is 0.515. The van der Waals surface area contributed by atoms with Gasteiger partial charge in [-0.05, 0) is 51.3 Å². The smallest absolute Gasteiger partial charge is 0.308 e. The van der Waals surface area contributed by atoms with Crippen molar-refractivity contribution in [2.45, 2.75) is 77.7 Å². The zero-order valence-electron chi connectivity index (χ0n) is 20.5. The topological polar surface area (TPSA) is 97.6 Å². The summed E-state index contributed by atoms with van der Waals surface area (Å²) in [5.41, 5.74) is 0.889. The van der Waals surface area contributed by atoms with Gasteiger partial charge in [-0.2, -0.15) is 0 Å². The van der Waals surface area contributed by atoms with Crippen LogP contribution in [0.2, 0.25) is 0 Å². The molecule has 2 aromatic rings. The maximum absolute atomic E-state index is 13.3. The van der Waals surface area contributed by atoms with Gasteiger partial charge in [0, 0.05) is 11.8 Å². The lowest BCUT2D eigenvalue weighted by Crippen LogP contribution is -2.48. The lowest BCUT2D eigenvalue weighted by Gasteiger charge is -2.27. The molecule has 0 spiro atoms. The minimum Gasteiger partial charge on any atom is -0.460 e. The summed E-state index contributed by atoms with van der Waals surface area (Å²) < 4.78 is 20.1. The number of carbonyl (C=O) groups excluding carboxylic acids is 2. The minimum atomic E-state index is -1.58. The Kier molecular flexibility index (Phi) is 9.55. The van der Waals surface area contributed by atoms with Gasteiger partial charge in [0.2, 0.25) is 5.91 Å². The molecule has 7 nitrogen and oxygen atoms in total. The Bertz CT molecular complexity index is 1030. The standard InChI is InChI=1S/C26H35FN2O5/c1-6-19(24(32)28-20(21(30)15-27)14-22(31)34-26(3,4)5)23-17(2)12-13-29(25(23)33)16-18-10-8-7-9-11-18/h7-13,19-21,30H,6,14-16H2,1-5H3,(H,28,32). The van der Waals surface area contributed by atoms with Crippen LogP contribution in [-0.2, 0) is 20.9 Å². The summed E-state index contributed by atoms with van der Waals surface area (Å²) in [6.07, 6.45) is 0.0240. The van der Waals surface area contributed by atoms with Gasteiger partial charge in [-0.25, -0.2) is 4.39 Å². The highest BCUT2D eigenvalue weighted by atomic mass is 19.1. The zero-order valence-corrected chi connectivity index (χ0v) is 20.5. The lowest BCUT2D eigenvalue weighted by atomic mass is 9.92. The van der Waals surface area contributed by atoms with E-state index >= 15 is 0 Å². The number of aromatic nitrogens is 1. The van der Waals surface area contributed by atoms with E-state index in [4.69, 9.17) is 4.74 Å². The van der Waals surface area contributed by atoms with E-state index in [1.807, 2.05) is 30.3 Å². The van der Waals surface area contributed by atoms with Gasteiger partial charge >= 0.3 is 5.97 Å². The number of aliphatic hydroxyl groups is 1. The number of hydrogen-bond acceptors (Lipinski definition) is 5. The second-order valence-corrected chi connectivity index (χ2v) is 9.42. The summed E-state index contributed by atoms with van der Waals surface area (Å²) in [5, 5.41) is 12.7. The van der Waals surface area contributed by atoms with Crippen LogP contribution in [0.3, 0.4) is 0 Å². The van der Waals surface area contributed by atoms with Crippen molar-refractivity contribution in [3.05, 3.63) is 69.6 Å². The summed E-state index contributed by atoms with van der Waals surface area (Å²) in [6.45, 7) is 7.81. The molecule has 1 amide bonds. The third-order valence-electron chi connectivity index (χ3n) is 5.45. The Hall–Kier alpha value is -3.00. The number of aliphatic hydroxyl groups excluding tert-OH is 1. The first kappa shape index (κ1) is 27.2. The molecule has 0 radical (unpaired) electrons. The fourth-order valence-electron chi connectivity index (χ4n) is 3.77. The Morgan fingerprint density at radius 3 is 2.38 bits per heavy atom. The van der Waals surface area contributed by atoms with Crippen LogP contribution in [0, 0.1) is 6.92 Å². The number of pyridine rings is 1. The maximum atomic E-state index is 13.3. The van der Waals surface area contributed by atoms with Crippen molar-refractivity contribution in [3.8, 4) is 0 Å². The molecular weight excluding hydrogens is 439 g/mol. The number of ether oxygens (including phenoxy) is 1. The summed E-state index contributed by atoms with van der Waals surface area (Å²) in [7, 11) is 0. The molecule has 1 aromatic heterocycles. The van der Waals surface area contributed by atoms with Gasteiger partial charge in [0.25, 0.3) is 5.56 Å². The van der Waals surface area contributed by atoms with E-state index in [1.165, 1.54) is 0 Å². The summed E-state index contributed by atoms with van der Waals surface area (Å²) in [6, 6.07) is 10.1. The van der Waals surface area contributed by atoms with E-state index in [0.29, 0.717) is 24.1 Å². The Labute approximate surface area is 199 Å². The summed E-state index contributed by atoms with van der Waals surface area (Å²) in [4.78, 5) is 38.8. The van der Waals surface area contributed by atoms with Gasteiger partial charge in [0.15, 0.2) is 0 Å². The van der Waals surface area contributed by atoms with Gasteiger partial charge in [-0.3, -0.25) is 14.4 Å². The van der Waals surface area contributed by atoms with Gasteiger partial charge < -0.3 is 19.7 Å². The highest BCUT2D eigenvalue weighted by molar-refractivity contribution is 5.84. The average Bonchev–Trinajstić information content (AvgIpc) is 2.76. The van der Waals surface area contributed by atoms with Gasteiger partial charge in [-0.1, -0.05) is 37.3 Å². The molecule has 0 saturated carbocycles. The monoisotopic (exact) mass is 474 g/mol. The van der Waals surface area contributed by atoms with Crippen molar-refractivity contribution in [2.24, 2.45) is 0 Å². The molecule has 0 saturated heterocycles. The molecule has 8 heteroatoms. The Morgan fingerprint density at radius 1 is 1.18 bits per heavy atom. The molecule has 1 heterocycles. The second-order valence-electron chi connectivity index (χ2n) is 9.42. The highest BCUT2D eigenvalue weighted by Crippen LogP contribution is 2.21. The van der Waals surface area contributed by atoms with E-state index in [9.17, 15) is 23.9 Å². The van der Waals surface area contributed by atoms with Crippen LogP contribution in [0.15, 0.2) is 47.4 Å². The average molecular weight is 475 g/mol. The number of amides is 1. The number of benzene rings is 1. The predicted octanol–water partition coefficient (Wildman–Crippen LogP) is 3.25. The van der Waals surface area contributed by atoms with Crippen molar-refractivity contribution in [1.82, 2.24) is 9.88 Å². The number of nitrogens with zero attached hydrogens (tertiary/aromatic N) is 1. The van der Waals surface area contributed by atoms with E-state index in [2.05, 4.69) is 5.32 Å². The van der Waals surface area contributed by atoms with Crippen LogP contribution in [0.5, 0.6) is 0 Å². The van der Waals surface area contributed by atoms with Crippen molar-refractivity contribution >= 4 is 11.9 Å². The first-order chi connectivity index (χ1) is 16.0. The predicted molar refractivity (Wildman–Crippen MR) is 128 cm³/mol. The molecule has 3 unspecified atom stereocenters. The molecule has 0 aliphatic heterocycles. The lowest BCUT2D eigenvalue weighted by molar-refractivity contribution is -0.156. The molecule has 0 fully saturated rings. The SMILES string of the molecule is CCC(C(=O)NC(CC(=O)OC(C)(C)C)C(O)CF)c1c(C)ccn(Cc2ccccc2)c1=O. The van der Waals surface area contributed by atoms with Gasteiger partial charge in [-0.15, -0.1) is 0 Å². The molecule has 2 rings (SSSR count). The first-order valence-electron chi connectivity index (χ1n) is 11.5. The number of nitrogens with one attached hydrogen (secondary N) is 1. The number of esters is 1. The molecule has 0 bridgehead atoms. The van der Waals surface area contributed by atoms with E-state index in [-0.39, 0.29) is 5.56 Å². The van der Waals surface area contributed by atoms with Crippen LogP contribution in [0.25, 0.3) is 0 Å². The Balaban J connectivity index is 2.30. The number of aryl methyl sites for hydroxylation is 1. The summed E-state index contributed by atoms with van der Waals surface area (Å²) >= 11 is 0. The van der Waals surface area contributed by atoms with Crippen molar-refractivity contribution in [1.29, 1.82) is 0 Å².